The fourth-order valence-corrected chi connectivity index (χ4v) is 2.45. The molecule has 20 heavy (non-hydrogen) atoms. The molecule has 1 aliphatic rings. The number of ether oxygens (including phenoxy) is 1. The summed E-state index contributed by atoms with van der Waals surface area (Å²) in [6.45, 7) is 4.32. The molecule has 1 aliphatic heterocycles. The molecule has 0 amide bonds. The minimum atomic E-state index is -0.789. The molecule has 0 aliphatic carbocycles. The Balaban J connectivity index is 1.86. The first kappa shape index (κ1) is 14.9. The third kappa shape index (κ3) is 3.52. The van der Waals surface area contributed by atoms with Crippen molar-refractivity contribution < 1.29 is 18.3 Å². The van der Waals surface area contributed by atoms with E-state index in [4.69, 9.17) is 4.74 Å². The van der Waals surface area contributed by atoms with Crippen LogP contribution in [0.5, 0.6) is 0 Å². The lowest BCUT2D eigenvalue weighted by atomic mass is 9.94. The standard InChI is InChI=1S/C14H18F2N2O2/c1-8-13(9(2)18-17-8)3-4-20-14(19)10-5-11(15)7-12(16)6-10/h5-9,13,17-18H,3-4H2,1-2H3. The van der Waals surface area contributed by atoms with Crippen molar-refractivity contribution in [3.05, 3.63) is 35.4 Å². The van der Waals surface area contributed by atoms with E-state index >= 15 is 0 Å². The van der Waals surface area contributed by atoms with Gasteiger partial charge in [0, 0.05) is 18.2 Å². The van der Waals surface area contributed by atoms with Crippen molar-refractivity contribution in [2.75, 3.05) is 6.61 Å². The van der Waals surface area contributed by atoms with Gasteiger partial charge in [-0.25, -0.2) is 13.6 Å². The minimum absolute atomic E-state index is 0.105. The number of hydrogen-bond donors (Lipinski definition) is 2. The third-order valence-corrected chi connectivity index (χ3v) is 3.61. The van der Waals surface area contributed by atoms with Gasteiger partial charge in [-0.15, -0.1) is 0 Å². The minimum Gasteiger partial charge on any atom is -0.462 e. The Bertz CT molecular complexity index is 466. The van der Waals surface area contributed by atoms with Gasteiger partial charge >= 0.3 is 5.97 Å². The second-order valence-corrected chi connectivity index (χ2v) is 5.11. The molecule has 1 aromatic rings. The Morgan fingerprint density at radius 3 is 2.25 bits per heavy atom. The maximum Gasteiger partial charge on any atom is 0.338 e. The predicted molar refractivity (Wildman–Crippen MR) is 69.9 cm³/mol. The van der Waals surface area contributed by atoms with Gasteiger partial charge in [0.1, 0.15) is 11.6 Å². The van der Waals surface area contributed by atoms with Gasteiger partial charge < -0.3 is 4.74 Å². The molecule has 110 valence electrons. The second kappa shape index (κ2) is 6.28. The molecular weight excluding hydrogens is 266 g/mol. The number of carbonyl (C=O) groups excluding carboxylic acids is 1. The van der Waals surface area contributed by atoms with Crippen LogP contribution in [0.2, 0.25) is 0 Å². The van der Waals surface area contributed by atoms with Crippen LogP contribution < -0.4 is 10.9 Å². The summed E-state index contributed by atoms with van der Waals surface area (Å²) < 4.78 is 31.1. The first-order chi connectivity index (χ1) is 9.47. The summed E-state index contributed by atoms with van der Waals surface area (Å²) in [7, 11) is 0. The normalized spacial score (nSPS) is 25.7. The number of hydrazine groups is 1. The van der Waals surface area contributed by atoms with Gasteiger partial charge in [-0.1, -0.05) is 0 Å². The van der Waals surface area contributed by atoms with E-state index < -0.39 is 17.6 Å². The molecule has 1 aromatic carbocycles. The Labute approximate surface area is 116 Å². The van der Waals surface area contributed by atoms with Crippen LogP contribution in [0, 0.1) is 17.6 Å². The largest absolute Gasteiger partial charge is 0.462 e. The van der Waals surface area contributed by atoms with Crippen molar-refractivity contribution in [2.45, 2.75) is 32.4 Å². The third-order valence-electron chi connectivity index (χ3n) is 3.61. The average molecular weight is 284 g/mol. The topological polar surface area (TPSA) is 50.4 Å². The summed E-state index contributed by atoms with van der Waals surface area (Å²) in [6.07, 6.45) is 0.686. The highest BCUT2D eigenvalue weighted by molar-refractivity contribution is 5.89. The quantitative estimate of drug-likeness (QED) is 0.831. The molecule has 0 radical (unpaired) electrons. The fourth-order valence-electron chi connectivity index (χ4n) is 2.45. The van der Waals surface area contributed by atoms with Crippen LogP contribution in [0.25, 0.3) is 0 Å². The molecule has 1 fully saturated rings. The molecule has 2 unspecified atom stereocenters. The average Bonchev–Trinajstić information content (AvgIpc) is 2.69. The van der Waals surface area contributed by atoms with Crippen LogP contribution in [-0.4, -0.2) is 24.7 Å². The van der Waals surface area contributed by atoms with Gasteiger partial charge in [-0.2, -0.15) is 0 Å². The summed E-state index contributed by atoms with van der Waals surface area (Å²) in [5, 5.41) is 0. The van der Waals surface area contributed by atoms with Gasteiger partial charge in [0.15, 0.2) is 0 Å². The van der Waals surface area contributed by atoms with Gasteiger partial charge in [-0.05, 0) is 38.3 Å². The number of carbonyl (C=O) groups is 1. The summed E-state index contributed by atoms with van der Waals surface area (Å²) in [4.78, 5) is 11.7. The lowest BCUT2D eigenvalue weighted by molar-refractivity contribution is 0.0477. The first-order valence-electron chi connectivity index (χ1n) is 6.61. The van der Waals surface area contributed by atoms with Crippen molar-refractivity contribution in [3.8, 4) is 0 Å². The van der Waals surface area contributed by atoms with Crippen LogP contribution in [-0.2, 0) is 4.74 Å². The second-order valence-electron chi connectivity index (χ2n) is 5.11. The maximum absolute atomic E-state index is 13.0. The van der Waals surface area contributed by atoms with Crippen molar-refractivity contribution in [2.24, 2.45) is 5.92 Å². The number of nitrogens with one attached hydrogen (secondary N) is 2. The van der Waals surface area contributed by atoms with Crippen molar-refractivity contribution in [1.29, 1.82) is 0 Å². The first-order valence-corrected chi connectivity index (χ1v) is 6.61. The van der Waals surface area contributed by atoms with Crippen LogP contribution in [0.1, 0.15) is 30.6 Å². The lowest BCUT2D eigenvalue weighted by Crippen LogP contribution is -2.30. The van der Waals surface area contributed by atoms with Crippen LogP contribution in [0.15, 0.2) is 18.2 Å². The highest BCUT2D eigenvalue weighted by Crippen LogP contribution is 2.18. The molecule has 0 bridgehead atoms. The molecule has 1 heterocycles. The maximum atomic E-state index is 13.0. The van der Waals surface area contributed by atoms with Gasteiger partial charge in [0.2, 0.25) is 0 Å². The molecule has 2 atom stereocenters. The SMILES string of the molecule is CC1NNC(C)C1CCOC(=O)c1cc(F)cc(F)c1. The van der Waals surface area contributed by atoms with Gasteiger partial charge in [0.05, 0.1) is 12.2 Å². The fraction of sp³-hybridized carbons (Fsp3) is 0.500. The highest BCUT2D eigenvalue weighted by atomic mass is 19.1. The summed E-state index contributed by atoms with van der Waals surface area (Å²) in [5.74, 6) is -1.94. The zero-order valence-corrected chi connectivity index (χ0v) is 11.5. The molecule has 2 rings (SSSR count). The van der Waals surface area contributed by atoms with Crippen molar-refractivity contribution in [3.63, 3.8) is 0 Å². The van der Waals surface area contributed by atoms with E-state index in [1.54, 1.807) is 0 Å². The van der Waals surface area contributed by atoms with E-state index in [9.17, 15) is 13.6 Å². The predicted octanol–water partition coefficient (Wildman–Crippen LogP) is 2.01. The van der Waals surface area contributed by atoms with E-state index in [2.05, 4.69) is 10.9 Å². The van der Waals surface area contributed by atoms with E-state index in [0.29, 0.717) is 12.3 Å². The monoisotopic (exact) mass is 284 g/mol. The lowest BCUT2D eigenvalue weighted by Gasteiger charge is -2.17. The zero-order chi connectivity index (χ0) is 14.7. The Morgan fingerprint density at radius 1 is 1.15 bits per heavy atom. The molecule has 1 saturated heterocycles. The van der Waals surface area contributed by atoms with Crippen LogP contribution in [0.4, 0.5) is 8.78 Å². The smallest absolute Gasteiger partial charge is 0.338 e. The van der Waals surface area contributed by atoms with Crippen LogP contribution >= 0.6 is 0 Å². The zero-order valence-electron chi connectivity index (χ0n) is 11.5. The molecule has 0 aromatic heterocycles. The Kier molecular flexibility index (Phi) is 4.67. The van der Waals surface area contributed by atoms with E-state index in [1.165, 1.54) is 0 Å². The molecule has 4 nitrogen and oxygen atoms in total. The van der Waals surface area contributed by atoms with E-state index in [0.717, 1.165) is 18.2 Å². The van der Waals surface area contributed by atoms with Gasteiger partial charge in [0.25, 0.3) is 0 Å². The number of benzene rings is 1. The van der Waals surface area contributed by atoms with E-state index in [1.807, 2.05) is 13.8 Å². The summed E-state index contributed by atoms with van der Waals surface area (Å²) >= 11 is 0. The molecular formula is C14H18F2N2O2. The highest BCUT2D eigenvalue weighted by Gasteiger charge is 2.29. The van der Waals surface area contributed by atoms with Crippen LogP contribution in [0.3, 0.4) is 0 Å². The number of halogens is 2. The Hall–Kier alpha value is -1.53. The van der Waals surface area contributed by atoms with Crippen molar-refractivity contribution >= 4 is 5.97 Å². The molecule has 0 spiro atoms. The Morgan fingerprint density at radius 2 is 1.70 bits per heavy atom. The number of hydrogen-bond acceptors (Lipinski definition) is 4. The van der Waals surface area contributed by atoms with Crippen molar-refractivity contribution in [1.82, 2.24) is 10.9 Å². The number of rotatable bonds is 4. The summed E-state index contributed by atoms with van der Waals surface area (Å²) in [6, 6.07) is 3.23. The molecule has 2 N–H and O–H groups in total. The number of esters is 1. The molecule has 6 heteroatoms. The summed E-state index contributed by atoms with van der Waals surface area (Å²) in [5.41, 5.74) is 6.12. The van der Waals surface area contributed by atoms with E-state index in [-0.39, 0.29) is 24.3 Å². The van der Waals surface area contributed by atoms with Gasteiger partial charge in [-0.3, -0.25) is 10.9 Å². The molecule has 0 saturated carbocycles.